The molecule has 0 atom stereocenters. The molecular formula is C29H27BrN2O6. The standard InChI is InChI=1S/C29H27BrN2O6/c1-4-36-26-17-20(6-12-25(26)38-14-13-37-24-11-5-18(2)15-19(24)3)16-23-27(33)31-29(35)32(28(23)34)22-9-7-21(30)8-10-22/h5-12,15-17H,4,13-14H2,1-3H3,(H,31,33,35)/b23-16-. The molecule has 8 nitrogen and oxygen atoms in total. The van der Waals surface area contributed by atoms with E-state index in [1.165, 1.54) is 11.6 Å². The maximum absolute atomic E-state index is 13.1. The van der Waals surface area contributed by atoms with Crippen molar-refractivity contribution in [3.63, 3.8) is 0 Å². The highest BCUT2D eigenvalue weighted by molar-refractivity contribution is 9.10. The van der Waals surface area contributed by atoms with Gasteiger partial charge < -0.3 is 14.2 Å². The molecule has 0 saturated carbocycles. The minimum absolute atomic E-state index is 0.175. The Hall–Kier alpha value is -4.11. The Balaban J connectivity index is 1.50. The smallest absolute Gasteiger partial charge is 0.335 e. The predicted octanol–water partition coefficient (Wildman–Crippen LogP) is 5.59. The second kappa shape index (κ2) is 12.0. The number of carbonyl (C=O) groups is 3. The summed E-state index contributed by atoms with van der Waals surface area (Å²) in [5.74, 6) is 0.276. The summed E-state index contributed by atoms with van der Waals surface area (Å²) in [6.45, 7) is 6.89. The van der Waals surface area contributed by atoms with Crippen LogP contribution < -0.4 is 24.4 Å². The topological polar surface area (TPSA) is 94.2 Å². The third-order valence-electron chi connectivity index (χ3n) is 5.69. The molecule has 1 saturated heterocycles. The fourth-order valence-corrected chi connectivity index (χ4v) is 4.18. The lowest BCUT2D eigenvalue weighted by Gasteiger charge is -2.26. The van der Waals surface area contributed by atoms with Gasteiger partial charge in [-0.3, -0.25) is 14.9 Å². The minimum Gasteiger partial charge on any atom is -0.490 e. The van der Waals surface area contributed by atoms with Gasteiger partial charge >= 0.3 is 6.03 Å². The molecule has 196 valence electrons. The van der Waals surface area contributed by atoms with Crippen LogP contribution in [-0.4, -0.2) is 37.7 Å². The molecular weight excluding hydrogens is 552 g/mol. The zero-order valence-electron chi connectivity index (χ0n) is 21.2. The average molecular weight is 579 g/mol. The first-order chi connectivity index (χ1) is 18.3. The van der Waals surface area contributed by atoms with Gasteiger partial charge in [0.05, 0.1) is 12.3 Å². The van der Waals surface area contributed by atoms with Gasteiger partial charge in [-0.05, 0) is 80.4 Å². The van der Waals surface area contributed by atoms with Crippen LogP contribution in [0.5, 0.6) is 17.2 Å². The molecule has 1 aliphatic heterocycles. The zero-order valence-corrected chi connectivity index (χ0v) is 22.8. The molecule has 9 heteroatoms. The third-order valence-corrected chi connectivity index (χ3v) is 6.22. The zero-order chi connectivity index (χ0) is 27.2. The lowest BCUT2D eigenvalue weighted by atomic mass is 10.1. The highest BCUT2D eigenvalue weighted by atomic mass is 79.9. The Kier molecular flexibility index (Phi) is 8.48. The van der Waals surface area contributed by atoms with Gasteiger partial charge in [0, 0.05) is 4.47 Å². The summed E-state index contributed by atoms with van der Waals surface area (Å²) in [6, 6.07) is 16.9. The van der Waals surface area contributed by atoms with Gasteiger partial charge in [-0.2, -0.15) is 0 Å². The molecule has 0 spiro atoms. The van der Waals surface area contributed by atoms with Crippen molar-refractivity contribution in [1.29, 1.82) is 0 Å². The maximum Gasteiger partial charge on any atom is 0.335 e. The summed E-state index contributed by atoms with van der Waals surface area (Å²) in [6.07, 6.45) is 1.42. The summed E-state index contributed by atoms with van der Waals surface area (Å²) >= 11 is 3.33. The largest absolute Gasteiger partial charge is 0.490 e. The van der Waals surface area contributed by atoms with Gasteiger partial charge in [-0.1, -0.05) is 39.7 Å². The predicted molar refractivity (Wildman–Crippen MR) is 148 cm³/mol. The Morgan fingerprint density at radius 3 is 2.21 bits per heavy atom. The van der Waals surface area contributed by atoms with Crippen LogP contribution in [0.1, 0.15) is 23.6 Å². The number of hydrogen-bond donors (Lipinski definition) is 1. The van der Waals surface area contributed by atoms with Crippen LogP contribution in [0.4, 0.5) is 10.5 Å². The molecule has 1 heterocycles. The molecule has 0 radical (unpaired) electrons. The first kappa shape index (κ1) is 26.9. The van der Waals surface area contributed by atoms with Gasteiger partial charge in [0.1, 0.15) is 24.5 Å². The Labute approximate surface area is 229 Å². The number of benzene rings is 3. The first-order valence-corrected chi connectivity index (χ1v) is 12.8. The van der Waals surface area contributed by atoms with Crippen molar-refractivity contribution >= 4 is 45.5 Å². The van der Waals surface area contributed by atoms with Gasteiger partial charge in [-0.15, -0.1) is 0 Å². The van der Waals surface area contributed by atoms with E-state index in [9.17, 15) is 14.4 Å². The molecule has 38 heavy (non-hydrogen) atoms. The number of amides is 4. The van der Waals surface area contributed by atoms with E-state index in [4.69, 9.17) is 14.2 Å². The van der Waals surface area contributed by atoms with Gasteiger partial charge in [0.15, 0.2) is 11.5 Å². The van der Waals surface area contributed by atoms with Crippen molar-refractivity contribution in [1.82, 2.24) is 5.32 Å². The molecule has 0 unspecified atom stereocenters. The van der Waals surface area contributed by atoms with E-state index in [-0.39, 0.29) is 5.57 Å². The van der Waals surface area contributed by atoms with Gasteiger partial charge in [0.25, 0.3) is 11.8 Å². The fourth-order valence-electron chi connectivity index (χ4n) is 3.92. The molecule has 4 amide bonds. The van der Waals surface area contributed by atoms with Crippen LogP contribution in [0.3, 0.4) is 0 Å². The van der Waals surface area contributed by atoms with Crippen molar-refractivity contribution in [2.45, 2.75) is 20.8 Å². The minimum atomic E-state index is -0.804. The van der Waals surface area contributed by atoms with Crippen LogP contribution in [0.25, 0.3) is 6.08 Å². The molecule has 0 aromatic heterocycles. The molecule has 4 rings (SSSR count). The quantitative estimate of drug-likeness (QED) is 0.202. The molecule has 0 aliphatic carbocycles. The number of ether oxygens (including phenoxy) is 3. The summed E-state index contributed by atoms with van der Waals surface area (Å²) in [5, 5.41) is 2.23. The van der Waals surface area contributed by atoms with Crippen LogP contribution in [0, 0.1) is 13.8 Å². The van der Waals surface area contributed by atoms with Crippen molar-refractivity contribution in [2.24, 2.45) is 0 Å². The monoisotopic (exact) mass is 578 g/mol. The van der Waals surface area contributed by atoms with Gasteiger partial charge in [-0.25, -0.2) is 9.69 Å². The van der Waals surface area contributed by atoms with E-state index in [2.05, 4.69) is 27.3 Å². The number of rotatable bonds is 9. The Morgan fingerprint density at radius 1 is 0.842 bits per heavy atom. The summed E-state index contributed by atoms with van der Waals surface area (Å²) in [7, 11) is 0. The van der Waals surface area contributed by atoms with Crippen LogP contribution in [0.2, 0.25) is 0 Å². The van der Waals surface area contributed by atoms with Crippen molar-refractivity contribution in [3.05, 3.63) is 87.4 Å². The summed E-state index contributed by atoms with van der Waals surface area (Å²) in [5.41, 5.74) is 2.93. The second-order valence-electron chi connectivity index (χ2n) is 8.54. The SMILES string of the molecule is CCOc1cc(/C=C2/C(=O)NC(=O)N(c3ccc(Br)cc3)C2=O)ccc1OCCOc1ccc(C)cc1C. The van der Waals surface area contributed by atoms with Gasteiger partial charge in [0.2, 0.25) is 0 Å². The van der Waals surface area contributed by atoms with E-state index in [1.807, 2.05) is 32.9 Å². The van der Waals surface area contributed by atoms with E-state index < -0.39 is 17.8 Å². The molecule has 3 aromatic carbocycles. The molecule has 1 aliphatic rings. The fraction of sp³-hybridized carbons (Fsp3) is 0.207. The summed E-state index contributed by atoms with van der Waals surface area (Å²) < 4.78 is 18.2. The first-order valence-electron chi connectivity index (χ1n) is 12.0. The van der Waals surface area contributed by atoms with Crippen LogP contribution in [-0.2, 0) is 9.59 Å². The number of halogens is 1. The van der Waals surface area contributed by atoms with E-state index >= 15 is 0 Å². The summed E-state index contributed by atoms with van der Waals surface area (Å²) in [4.78, 5) is 39.0. The number of aryl methyl sites for hydroxylation is 2. The second-order valence-corrected chi connectivity index (χ2v) is 9.46. The molecule has 0 bridgehead atoms. The third kappa shape index (κ3) is 6.23. The molecule has 1 N–H and O–H groups in total. The number of urea groups is 1. The highest BCUT2D eigenvalue weighted by Gasteiger charge is 2.36. The highest BCUT2D eigenvalue weighted by Crippen LogP contribution is 2.30. The van der Waals surface area contributed by atoms with Crippen molar-refractivity contribution < 1.29 is 28.6 Å². The molecule has 3 aromatic rings. The number of anilines is 1. The van der Waals surface area contributed by atoms with E-state index in [1.54, 1.807) is 42.5 Å². The average Bonchev–Trinajstić information content (AvgIpc) is 2.87. The number of nitrogens with one attached hydrogen (secondary N) is 1. The molecule has 1 fully saturated rings. The number of nitrogens with zero attached hydrogens (tertiary/aromatic N) is 1. The Morgan fingerprint density at radius 2 is 1.53 bits per heavy atom. The lowest BCUT2D eigenvalue weighted by Crippen LogP contribution is -2.54. The van der Waals surface area contributed by atoms with Crippen LogP contribution in [0.15, 0.2) is 70.7 Å². The maximum atomic E-state index is 13.1. The number of hydrogen-bond acceptors (Lipinski definition) is 6. The van der Waals surface area contributed by atoms with Crippen molar-refractivity contribution in [3.8, 4) is 17.2 Å². The number of imide groups is 2. The van der Waals surface area contributed by atoms with E-state index in [0.717, 1.165) is 20.7 Å². The van der Waals surface area contributed by atoms with E-state index in [0.29, 0.717) is 42.6 Å². The lowest BCUT2D eigenvalue weighted by molar-refractivity contribution is -0.122. The van der Waals surface area contributed by atoms with Crippen LogP contribution >= 0.6 is 15.9 Å². The number of barbiturate groups is 1. The van der Waals surface area contributed by atoms with Crippen molar-refractivity contribution in [2.75, 3.05) is 24.7 Å². The Bertz CT molecular complexity index is 1400. The normalized spacial score (nSPS) is 14.5. The number of carbonyl (C=O) groups excluding carboxylic acids is 3.